The third-order valence-electron chi connectivity index (χ3n) is 2.08. The predicted octanol–water partition coefficient (Wildman–Crippen LogP) is 2.37. The molecule has 1 aromatic carbocycles. The number of hydrogen-bond donors (Lipinski definition) is 1. The van der Waals surface area contributed by atoms with Gasteiger partial charge in [-0.15, -0.1) is 0 Å². The van der Waals surface area contributed by atoms with Crippen LogP contribution in [-0.4, -0.2) is 24.7 Å². The zero-order chi connectivity index (χ0) is 11.1. The van der Waals surface area contributed by atoms with E-state index in [0.717, 1.165) is 30.4 Å². The fourth-order valence-corrected chi connectivity index (χ4v) is 1.93. The summed E-state index contributed by atoms with van der Waals surface area (Å²) in [4.78, 5) is 0. The summed E-state index contributed by atoms with van der Waals surface area (Å²) in [6, 6.07) is 6.26. The zero-order valence-corrected chi connectivity index (χ0v) is 10.3. The molecule has 1 aromatic rings. The van der Waals surface area contributed by atoms with Gasteiger partial charge in [-0.05, 0) is 25.5 Å². The van der Waals surface area contributed by atoms with E-state index < -0.39 is 0 Å². The first-order chi connectivity index (χ1) is 7.24. The van der Waals surface area contributed by atoms with Crippen molar-refractivity contribution in [1.29, 1.82) is 0 Å². The van der Waals surface area contributed by atoms with Gasteiger partial charge in [0.15, 0.2) is 0 Å². The van der Waals surface area contributed by atoms with Crippen molar-refractivity contribution in [3.63, 3.8) is 0 Å². The minimum absolute atomic E-state index is 0.744. The Labute approximate surface area is 96.2 Å². The van der Waals surface area contributed by atoms with Gasteiger partial charge >= 0.3 is 0 Å². The van der Waals surface area contributed by atoms with Gasteiger partial charge in [0.25, 0.3) is 0 Å². The average molecular weight is 225 g/mol. The molecule has 0 aliphatic carbocycles. The van der Waals surface area contributed by atoms with Crippen molar-refractivity contribution in [3.8, 4) is 5.75 Å². The van der Waals surface area contributed by atoms with Gasteiger partial charge in [0.2, 0.25) is 0 Å². The Balaban J connectivity index is 2.31. The lowest BCUT2D eigenvalue weighted by molar-refractivity contribution is 0.341. The van der Waals surface area contributed by atoms with E-state index in [4.69, 9.17) is 10.5 Å². The van der Waals surface area contributed by atoms with Crippen molar-refractivity contribution < 1.29 is 4.74 Å². The molecule has 2 nitrogen and oxygen atoms in total. The fourth-order valence-electron chi connectivity index (χ4n) is 1.36. The minimum atomic E-state index is 0.744. The summed E-state index contributed by atoms with van der Waals surface area (Å²) in [5, 5.41) is 0. The second-order valence-electron chi connectivity index (χ2n) is 3.52. The molecular formula is C12H19NOS. The Morgan fingerprint density at radius 2 is 2.07 bits per heavy atom. The lowest BCUT2D eigenvalue weighted by Crippen LogP contribution is -2.06. The molecule has 1 rings (SSSR count). The average Bonchev–Trinajstić information content (AvgIpc) is 2.20. The number of rotatable bonds is 6. The van der Waals surface area contributed by atoms with Crippen molar-refractivity contribution in [1.82, 2.24) is 0 Å². The first-order valence-electron chi connectivity index (χ1n) is 5.22. The van der Waals surface area contributed by atoms with Crippen molar-refractivity contribution >= 4 is 11.8 Å². The maximum atomic E-state index is 5.68. The van der Waals surface area contributed by atoms with Gasteiger partial charge in [-0.1, -0.05) is 17.7 Å². The Kier molecular flexibility index (Phi) is 5.58. The molecule has 0 heterocycles. The maximum absolute atomic E-state index is 5.68. The first kappa shape index (κ1) is 12.4. The van der Waals surface area contributed by atoms with Crippen LogP contribution in [0.25, 0.3) is 0 Å². The third kappa shape index (κ3) is 4.58. The molecule has 0 aromatic heterocycles. The number of aryl methyl sites for hydroxylation is 2. The molecule has 2 N–H and O–H groups in total. The Hall–Kier alpha value is -0.670. The summed E-state index contributed by atoms with van der Waals surface area (Å²) in [6.07, 6.45) is 0. The highest BCUT2D eigenvalue weighted by atomic mass is 32.2. The van der Waals surface area contributed by atoms with Gasteiger partial charge in [-0.25, -0.2) is 0 Å². The normalized spacial score (nSPS) is 10.3. The van der Waals surface area contributed by atoms with Crippen LogP contribution in [0.2, 0.25) is 0 Å². The second kappa shape index (κ2) is 6.75. The summed E-state index contributed by atoms with van der Waals surface area (Å²) < 4.78 is 5.68. The van der Waals surface area contributed by atoms with Crippen molar-refractivity contribution in [2.24, 2.45) is 5.73 Å². The Morgan fingerprint density at radius 1 is 1.27 bits per heavy atom. The summed E-state index contributed by atoms with van der Waals surface area (Å²) in [7, 11) is 0. The van der Waals surface area contributed by atoms with Crippen LogP contribution >= 0.6 is 11.8 Å². The molecule has 0 saturated carbocycles. The number of ether oxygens (including phenoxy) is 1. The van der Waals surface area contributed by atoms with Crippen LogP contribution in [0.3, 0.4) is 0 Å². The SMILES string of the molecule is Cc1ccc(OCCSCCN)c(C)c1. The minimum Gasteiger partial charge on any atom is -0.492 e. The highest BCUT2D eigenvalue weighted by molar-refractivity contribution is 7.99. The molecule has 0 aliphatic heterocycles. The quantitative estimate of drug-likeness (QED) is 0.755. The molecule has 0 aliphatic rings. The van der Waals surface area contributed by atoms with Crippen LogP contribution in [-0.2, 0) is 0 Å². The summed E-state index contributed by atoms with van der Waals surface area (Å²) in [6.45, 7) is 5.67. The number of nitrogens with two attached hydrogens (primary N) is 1. The van der Waals surface area contributed by atoms with Gasteiger partial charge in [0.05, 0.1) is 6.61 Å². The highest BCUT2D eigenvalue weighted by Gasteiger charge is 1.98. The van der Waals surface area contributed by atoms with E-state index in [1.54, 1.807) is 0 Å². The van der Waals surface area contributed by atoms with E-state index in [1.165, 1.54) is 11.1 Å². The molecule has 0 unspecified atom stereocenters. The number of benzene rings is 1. The molecule has 84 valence electrons. The van der Waals surface area contributed by atoms with Crippen LogP contribution in [0.4, 0.5) is 0 Å². The van der Waals surface area contributed by atoms with Gasteiger partial charge in [0.1, 0.15) is 5.75 Å². The van der Waals surface area contributed by atoms with E-state index >= 15 is 0 Å². The second-order valence-corrected chi connectivity index (χ2v) is 4.74. The van der Waals surface area contributed by atoms with Gasteiger partial charge < -0.3 is 10.5 Å². The molecule has 0 radical (unpaired) electrons. The summed E-state index contributed by atoms with van der Waals surface area (Å²) in [5.41, 5.74) is 7.88. The van der Waals surface area contributed by atoms with E-state index in [9.17, 15) is 0 Å². The molecule has 0 bridgehead atoms. The third-order valence-corrected chi connectivity index (χ3v) is 3.06. The van der Waals surface area contributed by atoms with Crippen LogP contribution in [0.5, 0.6) is 5.75 Å². The van der Waals surface area contributed by atoms with E-state index in [2.05, 4.69) is 26.0 Å². The van der Waals surface area contributed by atoms with Gasteiger partial charge in [-0.2, -0.15) is 11.8 Å². The molecule has 0 atom stereocenters. The van der Waals surface area contributed by atoms with Crippen LogP contribution in [0.1, 0.15) is 11.1 Å². The monoisotopic (exact) mass is 225 g/mol. The molecule has 0 amide bonds. The molecule has 0 fully saturated rings. The van der Waals surface area contributed by atoms with E-state index in [1.807, 2.05) is 17.8 Å². The van der Waals surface area contributed by atoms with E-state index in [-0.39, 0.29) is 0 Å². The maximum Gasteiger partial charge on any atom is 0.122 e. The largest absolute Gasteiger partial charge is 0.492 e. The number of thioether (sulfide) groups is 1. The van der Waals surface area contributed by atoms with E-state index in [0.29, 0.717) is 0 Å². The van der Waals surface area contributed by atoms with Crippen molar-refractivity contribution in [3.05, 3.63) is 29.3 Å². The lowest BCUT2D eigenvalue weighted by atomic mass is 10.1. The van der Waals surface area contributed by atoms with Gasteiger partial charge in [0, 0.05) is 18.1 Å². The summed E-state index contributed by atoms with van der Waals surface area (Å²) >= 11 is 1.83. The van der Waals surface area contributed by atoms with Crippen LogP contribution < -0.4 is 10.5 Å². The first-order valence-corrected chi connectivity index (χ1v) is 6.37. The Bertz CT molecular complexity index is 302. The smallest absolute Gasteiger partial charge is 0.122 e. The van der Waals surface area contributed by atoms with Gasteiger partial charge in [-0.3, -0.25) is 0 Å². The summed E-state index contributed by atoms with van der Waals surface area (Å²) in [5.74, 6) is 3.01. The van der Waals surface area contributed by atoms with Crippen LogP contribution in [0, 0.1) is 13.8 Å². The fraction of sp³-hybridized carbons (Fsp3) is 0.500. The zero-order valence-electron chi connectivity index (χ0n) is 9.45. The van der Waals surface area contributed by atoms with Crippen molar-refractivity contribution in [2.45, 2.75) is 13.8 Å². The standard InChI is InChI=1S/C12H19NOS/c1-10-3-4-12(11(2)9-10)14-6-8-15-7-5-13/h3-4,9H,5-8,13H2,1-2H3. The Morgan fingerprint density at radius 3 is 2.73 bits per heavy atom. The molecule has 15 heavy (non-hydrogen) atoms. The molecular weight excluding hydrogens is 206 g/mol. The van der Waals surface area contributed by atoms with Crippen molar-refractivity contribution in [2.75, 3.05) is 24.7 Å². The number of hydrogen-bond acceptors (Lipinski definition) is 3. The molecule has 0 spiro atoms. The topological polar surface area (TPSA) is 35.2 Å². The molecule has 0 saturated heterocycles. The molecule has 3 heteroatoms. The highest BCUT2D eigenvalue weighted by Crippen LogP contribution is 2.18. The lowest BCUT2D eigenvalue weighted by Gasteiger charge is -2.09. The van der Waals surface area contributed by atoms with Crippen LogP contribution in [0.15, 0.2) is 18.2 Å². The predicted molar refractivity (Wildman–Crippen MR) is 67.8 cm³/mol.